The van der Waals surface area contributed by atoms with Crippen LogP contribution in [0.3, 0.4) is 0 Å². The molecule has 0 aromatic carbocycles. The molecule has 0 aliphatic carbocycles. The number of nitriles is 1. The predicted molar refractivity (Wildman–Crippen MR) is 61.2 cm³/mol. The molecule has 1 atom stereocenters. The molecule has 4 nitrogen and oxygen atoms in total. The highest BCUT2D eigenvalue weighted by Gasteiger charge is 2.22. The van der Waals surface area contributed by atoms with Gasteiger partial charge < -0.3 is 9.64 Å². The van der Waals surface area contributed by atoms with Crippen molar-refractivity contribution in [1.29, 1.82) is 5.26 Å². The van der Waals surface area contributed by atoms with Gasteiger partial charge in [0, 0.05) is 12.7 Å². The standard InChI is InChI=1S/C12H15N3O/c1-2-11-9-16-6-5-15(11)12-4-3-10(7-13)8-14-12/h3-4,8,11H,2,5-6,9H2,1H3. The van der Waals surface area contributed by atoms with E-state index in [2.05, 4.69) is 22.9 Å². The second-order valence-corrected chi connectivity index (χ2v) is 3.85. The molecule has 1 aliphatic heterocycles. The molecule has 1 aromatic heterocycles. The summed E-state index contributed by atoms with van der Waals surface area (Å²) in [5.41, 5.74) is 0.602. The van der Waals surface area contributed by atoms with E-state index in [0.29, 0.717) is 11.6 Å². The largest absolute Gasteiger partial charge is 0.377 e. The highest BCUT2D eigenvalue weighted by Crippen LogP contribution is 2.18. The van der Waals surface area contributed by atoms with Crippen molar-refractivity contribution in [3.63, 3.8) is 0 Å². The van der Waals surface area contributed by atoms with Gasteiger partial charge in [-0.1, -0.05) is 6.92 Å². The lowest BCUT2D eigenvalue weighted by molar-refractivity contribution is 0.0926. The molecule has 1 saturated heterocycles. The molecule has 1 aliphatic rings. The predicted octanol–water partition coefficient (Wildman–Crippen LogP) is 1.57. The fourth-order valence-electron chi connectivity index (χ4n) is 1.92. The van der Waals surface area contributed by atoms with Crippen molar-refractivity contribution in [3.05, 3.63) is 23.9 Å². The molecule has 84 valence electrons. The molecule has 4 heteroatoms. The molecule has 2 heterocycles. The number of rotatable bonds is 2. The Bertz CT molecular complexity index is 382. The summed E-state index contributed by atoms with van der Waals surface area (Å²) < 4.78 is 5.45. The van der Waals surface area contributed by atoms with Crippen molar-refractivity contribution in [2.45, 2.75) is 19.4 Å². The number of pyridine rings is 1. The third-order valence-electron chi connectivity index (χ3n) is 2.87. The minimum atomic E-state index is 0.397. The monoisotopic (exact) mass is 217 g/mol. The van der Waals surface area contributed by atoms with Gasteiger partial charge in [-0.15, -0.1) is 0 Å². The second kappa shape index (κ2) is 4.95. The van der Waals surface area contributed by atoms with Crippen LogP contribution in [0.1, 0.15) is 18.9 Å². The lowest BCUT2D eigenvalue weighted by Crippen LogP contribution is -2.45. The van der Waals surface area contributed by atoms with Gasteiger partial charge in [-0.3, -0.25) is 0 Å². The summed E-state index contributed by atoms with van der Waals surface area (Å²) in [6.45, 7) is 4.53. The fourth-order valence-corrected chi connectivity index (χ4v) is 1.92. The number of aromatic nitrogens is 1. The second-order valence-electron chi connectivity index (χ2n) is 3.85. The first-order valence-corrected chi connectivity index (χ1v) is 5.55. The maximum atomic E-state index is 8.71. The Morgan fingerprint density at radius 1 is 1.62 bits per heavy atom. The summed E-state index contributed by atoms with van der Waals surface area (Å²) >= 11 is 0. The minimum Gasteiger partial charge on any atom is -0.377 e. The lowest BCUT2D eigenvalue weighted by atomic mass is 10.1. The maximum absolute atomic E-state index is 8.71. The number of hydrogen-bond donors (Lipinski definition) is 0. The normalized spacial score (nSPS) is 20.5. The van der Waals surface area contributed by atoms with Crippen molar-refractivity contribution in [1.82, 2.24) is 4.98 Å². The summed E-state index contributed by atoms with van der Waals surface area (Å²) in [6.07, 6.45) is 2.67. The molecule has 1 unspecified atom stereocenters. The zero-order chi connectivity index (χ0) is 11.4. The van der Waals surface area contributed by atoms with E-state index in [1.165, 1.54) is 0 Å². The van der Waals surface area contributed by atoms with E-state index in [1.807, 2.05) is 12.1 Å². The van der Waals surface area contributed by atoms with Crippen LogP contribution >= 0.6 is 0 Å². The van der Waals surface area contributed by atoms with Crippen LogP contribution < -0.4 is 4.90 Å². The molecule has 1 aromatic rings. The molecular formula is C12H15N3O. The van der Waals surface area contributed by atoms with E-state index in [1.54, 1.807) is 6.20 Å². The minimum absolute atomic E-state index is 0.397. The average Bonchev–Trinajstić information content (AvgIpc) is 2.39. The van der Waals surface area contributed by atoms with E-state index in [9.17, 15) is 0 Å². The summed E-state index contributed by atoms with van der Waals surface area (Å²) in [5, 5.41) is 8.71. The first-order chi connectivity index (χ1) is 7.85. The third-order valence-corrected chi connectivity index (χ3v) is 2.87. The van der Waals surface area contributed by atoms with Crippen LogP contribution in [0.4, 0.5) is 5.82 Å². The third kappa shape index (κ3) is 2.15. The topological polar surface area (TPSA) is 49.1 Å². The number of morpholine rings is 1. The zero-order valence-electron chi connectivity index (χ0n) is 9.39. The van der Waals surface area contributed by atoms with E-state index in [0.717, 1.165) is 32.0 Å². The van der Waals surface area contributed by atoms with Crippen molar-refractivity contribution in [2.75, 3.05) is 24.7 Å². The Labute approximate surface area is 95.5 Å². The van der Waals surface area contributed by atoms with Gasteiger partial charge in [-0.05, 0) is 18.6 Å². The van der Waals surface area contributed by atoms with Gasteiger partial charge in [0.2, 0.25) is 0 Å². The first-order valence-electron chi connectivity index (χ1n) is 5.55. The molecular weight excluding hydrogens is 202 g/mol. The van der Waals surface area contributed by atoms with E-state index in [-0.39, 0.29) is 0 Å². The Hall–Kier alpha value is -1.60. The number of anilines is 1. The van der Waals surface area contributed by atoms with Gasteiger partial charge in [0.15, 0.2) is 0 Å². The Balaban J connectivity index is 2.18. The first kappa shape index (κ1) is 10.9. The molecule has 0 spiro atoms. The fraction of sp³-hybridized carbons (Fsp3) is 0.500. The van der Waals surface area contributed by atoms with Crippen LogP contribution in [0, 0.1) is 11.3 Å². The Morgan fingerprint density at radius 2 is 2.50 bits per heavy atom. The highest BCUT2D eigenvalue weighted by molar-refractivity contribution is 5.43. The van der Waals surface area contributed by atoms with Crippen molar-refractivity contribution in [2.24, 2.45) is 0 Å². The Kier molecular flexibility index (Phi) is 3.37. The van der Waals surface area contributed by atoms with Gasteiger partial charge >= 0.3 is 0 Å². The van der Waals surface area contributed by atoms with Gasteiger partial charge in [-0.2, -0.15) is 5.26 Å². The smallest absolute Gasteiger partial charge is 0.128 e. The molecule has 0 radical (unpaired) electrons. The summed E-state index contributed by atoms with van der Waals surface area (Å²) in [5.74, 6) is 0.939. The van der Waals surface area contributed by atoms with Gasteiger partial charge in [0.05, 0.1) is 24.8 Å². The number of ether oxygens (including phenoxy) is 1. The Morgan fingerprint density at radius 3 is 3.12 bits per heavy atom. The molecule has 0 amide bonds. The van der Waals surface area contributed by atoms with Crippen LogP contribution in [0.15, 0.2) is 18.3 Å². The maximum Gasteiger partial charge on any atom is 0.128 e. The molecule has 2 rings (SSSR count). The van der Waals surface area contributed by atoms with Gasteiger partial charge in [-0.25, -0.2) is 4.98 Å². The van der Waals surface area contributed by atoms with Crippen molar-refractivity contribution in [3.8, 4) is 6.07 Å². The summed E-state index contributed by atoms with van der Waals surface area (Å²) in [4.78, 5) is 6.57. The van der Waals surface area contributed by atoms with E-state index < -0.39 is 0 Å². The summed E-state index contributed by atoms with van der Waals surface area (Å²) in [6, 6.07) is 6.19. The summed E-state index contributed by atoms with van der Waals surface area (Å²) in [7, 11) is 0. The molecule has 16 heavy (non-hydrogen) atoms. The SMILES string of the molecule is CCC1COCCN1c1ccc(C#N)cn1. The molecule has 0 N–H and O–H groups in total. The van der Waals surface area contributed by atoms with Crippen LogP contribution in [-0.4, -0.2) is 30.8 Å². The van der Waals surface area contributed by atoms with Crippen LogP contribution in [0.2, 0.25) is 0 Å². The van der Waals surface area contributed by atoms with Crippen molar-refractivity contribution < 1.29 is 4.74 Å². The van der Waals surface area contributed by atoms with Crippen LogP contribution in [0.5, 0.6) is 0 Å². The highest BCUT2D eigenvalue weighted by atomic mass is 16.5. The number of nitrogens with zero attached hydrogens (tertiary/aromatic N) is 3. The van der Waals surface area contributed by atoms with Crippen molar-refractivity contribution >= 4 is 5.82 Å². The van der Waals surface area contributed by atoms with Gasteiger partial charge in [0.1, 0.15) is 11.9 Å². The lowest BCUT2D eigenvalue weighted by Gasteiger charge is -2.35. The molecule has 0 saturated carbocycles. The van der Waals surface area contributed by atoms with Crippen LogP contribution in [-0.2, 0) is 4.74 Å². The van der Waals surface area contributed by atoms with Gasteiger partial charge in [0.25, 0.3) is 0 Å². The quantitative estimate of drug-likeness (QED) is 0.754. The molecule has 0 bridgehead atoms. The average molecular weight is 217 g/mol. The number of hydrogen-bond acceptors (Lipinski definition) is 4. The molecule has 1 fully saturated rings. The zero-order valence-corrected chi connectivity index (χ0v) is 9.39. The van der Waals surface area contributed by atoms with E-state index >= 15 is 0 Å². The van der Waals surface area contributed by atoms with Crippen LogP contribution in [0.25, 0.3) is 0 Å². The van der Waals surface area contributed by atoms with E-state index in [4.69, 9.17) is 10.00 Å².